The Balaban J connectivity index is 1.29. The highest BCUT2D eigenvalue weighted by Crippen LogP contribution is 2.62. The number of carbonyl (C=O) groups is 2. The van der Waals surface area contributed by atoms with Gasteiger partial charge in [0.2, 0.25) is 0 Å². The second-order valence-electron chi connectivity index (χ2n) is 10.8. The molecule has 6 aromatic carbocycles. The van der Waals surface area contributed by atoms with Gasteiger partial charge in [-0.2, -0.15) is 0 Å². The Morgan fingerprint density at radius 3 is 1.32 bits per heavy atom. The minimum absolute atomic E-state index is 0.363. The van der Waals surface area contributed by atoms with Crippen molar-refractivity contribution in [1.29, 1.82) is 0 Å². The number of ether oxygens (including phenoxy) is 3. The summed E-state index contributed by atoms with van der Waals surface area (Å²) in [5.41, 5.74) is 6.58. The van der Waals surface area contributed by atoms with Gasteiger partial charge in [0, 0.05) is 23.3 Å². The molecule has 0 amide bonds. The van der Waals surface area contributed by atoms with Crippen LogP contribution in [-0.2, 0) is 5.41 Å². The normalized spacial score (nSPS) is 13.1. The molecule has 0 aromatic heterocycles. The van der Waals surface area contributed by atoms with Gasteiger partial charge >= 0.3 is 11.9 Å². The van der Waals surface area contributed by atoms with Gasteiger partial charge in [-0.25, -0.2) is 9.59 Å². The van der Waals surface area contributed by atoms with Crippen LogP contribution in [0.1, 0.15) is 43.0 Å². The van der Waals surface area contributed by atoms with E-state index in [4.69, 9.17) is 14.2 Å². The van der Waals surface area contributed by atoms with Crippen molar-refractivity contribution in [3.63, 3.8) is 0 Å². The van der Waals surface area contributed by atoms with Crippen molar-refractivity contribution in [3.8, 4) is 34.1 Å². The number of hydrogen-bond acceptors (Lipinski definition) is 5. The molecule has 1 aliphatic heterocycles. The number of hydrogen-bond donors (Lipinski definition) is 0. The van der Waals surface area contributed by atoms with Crippen LogP contribution < -0.4 is 14.2 Å². The Labute approximate surface area is 253 Å². The Morgan fingerprint density at radius 2 is 0.864 bits per heavy atom. The number of fused-ring (bicyclic) bond motifs is 9. The van der Waals surface area contributed by atoms with Gasteiger partial charge < -0.3 is 14.2 Å². The van der Waals surface area contributed by atoms with Gasteiger partial charge in [-0.3, -0.25) is 0 Å². The van der Waals surface area contributed by atoms with E-state index in [1.54, 1.807) is 60.7 Å². The van der Waals surface area contributed by atoms with Crippen LogP contribution in [0.5, 0.6) is 23.0 Å². The average molecular weight is 573 g/mol. The van der Waals surface area contributed by atoms with Crippen molar-refractivity contribution in [2.24, 2.45) is 0 Å². The van der Waals surface area contributed by atoms with Crippen molar-refractivity contribution < 1.29 is 23.8 Å². The van der Waals surface area contributed by atoms with Gasteiger partial charge in [0.1, 0.15) is 23.0 Å². The van der Waals surface area contributed by atoms with Gasteiger partial charge in [-0.1, -0.05) is 97.1 Å². The Morgan fingerprint density at radius 1 is 0.455 bits per heavy atom. The summed E-state index contributed by atoms with van der Waals surface area (Å²) in [6.07, 6.45) is 0. The summed E-state index contributed by atoms with van der Waals surface area (Å²) < 4.78 is 18.1. The first-order valence-corrected chi connectivity index (χ1v) is 14.3. The minimum atomic E-state index is -0.708. The summed E-state index contributed by atoms with van der Waals surface area (Å²) in [4.78, 5) is 25.8. The predicted molar refractivity (Wildman–Crippen MR) is 167 cm³/mol. The molecule has 0 N–H and O–H groups in total. The van der Waals surface area contributed by atoms with E-state index in [9.17, 15) is 9.59 Å². The molecule has 0 bridgehead atoms. The zero-order valence-corrected chi connectivity index (χ0v) is 23.4. The van der Waals surface area contributed by atoms with E-state index < -0.39 is 17.4 Å². The monoisotopic (exact) mass is 572 g/mol. The second-order valence-corrected chi connectivity index (χ2v) is 10.8. The van der Waals surface area contributed by atoms with Crippen LogP contribution in [0.3, 0.4) is 0 Å². The Kier molecular flexibility index (Phi) is 5.91. The average Bonchev–Trinajstić information content (AvgIpc) is 3.36. The molecule has 6 aromatic rings. The number of benzene rings is 6. The zero-order chi connectivity index (χ0) is 29.7. The van der Waals surface area contributed by atoms with E-state index in [0.717, 1.165) is 33.4 Å². The smallest absolute Gasteiger partial charge is 0.343 e. The molecule has 0 unspecified atom stereocenters. The summed E-state index contributed by atoms with van der Waals surface area (Å²) >= 11 is 0. The highest BCUT2D eigenvalue weighted by molar-refractivity contribution is 5.92. The lowest BCUT2D eigenvalue weighted by Gasteiger charge is -2.39. The first kappa shape index (κ1) is 25.7. The molecular formula is C39H24O5. The van der Waals surface area contributed by atoms with Gasteiger partial charge in [-0.05, 0) is 58.7 Å². The molecule has 5 heteroatoms. The van der Waals surface area contributed by atoms with Crippen LogP contribution in [-0.4, -0.2) is 11.9 Å². The molecule has 0 atom stereocenters. The standard InChI is InChI=1S/C39H24O5/c40-37(25-11-3-1-4-12-25)42-27-19-21-33-35(23-27)44-36-24-28(43-38(41)26-13-5-2-6-14-26)20-22-34(36)39(33)31-17-9-7-15-29(31)30-16-8-10-18-32(30)39/h1-24H. The fraction of sp³-hybridized carbons (Fsp3) is 0.0256. The summed E-state index contributed by atoms with van der Waals surface area (Å²) in [7, 11) is 0. The summed E-state index contributed by atoms with van der Waals surface area (Å²) in [6.45, 7) is 0. The maximum Gasteiger partial charge on any atom is 0.343 e. The van der Waals surface area contributed by atoms with Crippen LogP contribution in [0, 0.1) is 0 Å². The Bertz CT molecular complexity index is 1930. The van der Waals surface area contributed by atoms with Gasteiger partial charge in [0.25, 0.3) is 0 Å². The molecular weight excluding hydrogens is 548 g/mol. The van der Waals surface area contributed by atoms with Crippen molar-refractivity contribution in [2.45, 2.75) is 5.41 Å². The lowest BCUT2D eigenvalue weighted by atomic mass is 9.66. The molecule has 8 rings (SSSR count). The molecule has 210 valence electrons. The van der Waals surface area contributed by atoms with Crippen LogP contribution in [0.15, 0.2) is 146 Å². The van der Waals surface area contributed by atoms with E-state index in [0.29, 0.717) is 34.1 Å². The van der Waals surface area contributed by atoms with Crippen molar-refractivity contribution in [3.05, 3.63) is 179 Å². The first-order chi connectivity index (χ1) is 21.6. The van der Waals surface area contributed by atoms with Crippen molar-refractivity contribution >= 4 is 11.9 Å². The number of carbonyl (C=O) groups excluding carboxylic acids is 2. The van der Waals surface area contributed by atoms with E-state index in [1.807, 2.05) is 60.7 Å². The first-order valence-electron chi connectivity index (χ1n) is 14.3. The quantitative estimate of drug-likeness (QED) is 0.156. The van der Waals surface area contributed by atoms with Gasteiger partial charge in [0.05, 0.1) is 16.5 Å². The van der Waals surface area contributed by atoms with Crippen LogP contribution >= 0.6 is 0 Å². The molecule has 0 fully saturated rings. The second kappa shape index (κ2) is 10.1. The lowest BCUT2D eigenvalue weighted by molar-refractivity contribution is 0.0725. The predicted octanol–water partition coefficient (Wildman–Crippen LogP) is 8.59. The maximum atomic E-state index is 12.9. The van der Waals surface area contributed by atoms with Crippen LogP contribution in [0.25, 0.3) is 11.1 Å². The third-order valence-corrected chi connectivity index (χ3v) is 8.33. The molecule has 44 heavy (non-hydrogen) atoms. The molecule has 0 saturated heterocycles. The lowest BCUT2D eigenvalue weighted by Crippen LogP contribution is -2.32. The number of esters is 2. The highest BCUT2D eigenvalue weighted by Gasteiger charge is 2.51. The largest absolute Gasteiger partial charge is 0.456 e. The van der Waals surface area contributed by atoms with Crippen molar-refractivity contribution in [2.75, 3.05) is 0 Å². The third kappa shape index (κ3) is 3.94. The molecule has 1 aliphatic carbocycles. The van der Waals surface area contributed by atoms with E-state index in [-0.39, 0.29) is 0 Å². The van der Waals surface area contributed by atoms with Crippen LogP contribution in [0.2, 0.25) is 0 Å². The topological polar surface area (TPSA) is 61.8 Å². The molecule has 5 nitrogen and oxygen atoms in total. The molecule has 0 radical (unpaired) electrons. The van der Waals surface area contributed by atoms with Crippen LogP contribution in [0.4, 0.5) is 0 Å². The summed E-state index contributed by atoms with van der Waals surface area (Å²) in [5, 5.41) is 0. The van der Waals surface area contributed by atoms with E-state index in [2.05, 4.69) is 24.3 Å². The van der Waals surface area contributed by atoms with E-state index in [1.165, 1.54) is 0 Å². The maximum absolute atomic E-state index is 12.9. The van der Waals surface area contributed by atoms with Gasteiger partial charge in [-0.15, -0.1) is 0 Å². The van der Waals surface area contributed by atoms with Crippen molar-refractivity contribution in [1.82, 2.24) is 0 Å². The Hall–Kier alpha value is -5.94. The summed E-state index contributed by atoms with van der Waals surface area (Å²) in [6, 6.07) is 45.6. The molecule has 1 spiro atoms. The zero-order valence-electron chi connectivity index (χ0n) is 23.4. The fourth-order valence-corrected chi connectivity index (χ4v) is 6.48. The van der Waals surface area contributed by atoms with E-state index >= 15 is 0 Å². The third-order valence-electron chi connectivity index (χ3n) is 8.33. The molecule has 1 heterocycles. The molecule has 0 saturated carbocycles. The minimum Gasteiger partial charge on any atom is -0.456 e. The fourth-order valence-electron chi connectivity index (χ4n) is 6.48. The SMILES string of the molecule is O=C(Oc1ccc2c(c1)Oc1cc(OC(=O)c3ccccc3)ccc1C21c2ccccc2-c2ccccc21)c1ccccc1. The van der Waals surface area contributed by atoms with Gasteiger partial charge in [0.15, 0.2) is 0 Å². The molecule has 2 aliphatic rings. The highest BCUT2D eigenvalue weighted by atomic mass is 16.5. The summed E-state index contributed by atoms with van der Waals surface area (Å²) in [5.74, 6) is 0.916. The number of rotatable bonds is 4.